The van der Waals surface area contributed by atoms with Gasteiger partial charge in [0, 0.05) is 17.5 Å². The van der Waals surface area contributed by atoms with Crippen LogP contribution < -0.4 is 5.32 Å². The summed E-state index contributed by atoms with van der Waals surface area (Å²) in [5.41, 5.74) is 1.70. The largest absolute Gasteiger partial charge is 0.481 e. The molecule has 0 radical (unpaired) electrons. The van der Waals surface area contributed by atoms with Crippen molar-refractivity contribution >= 4 is 11.9 Å². The Hall–Kier alpha value is -2.63. The third-order valence-electron chi connectivity index (χ3n) is 5.11. The minimum atomic E-state index is -0.841. The highest BCUT2D eigenvalue weighted by Crippen LogP contribution is 2.34. The Morgan fingerprint density at radius 2 is 1.96 bits per heavy atom. The number of rotatable bonds is 4. The van der Waals surface area contributed by atoms with Crippen LogP contribution in [0.2, 0.25) is 0 Å². The zero-order chi connectivity index (χ0) is 18.0. The van der Waals surface area contributed by atoms with Gasteiger partial charge in [-0.2, -0.15) is 5.10 Å². The number of amides is 1. The first-order chi connectivity index (χ1) is 11.9. The summed E-state index contributed by atoms with van der Waals surface area (Å²) in [6.45, 7) is 3.80. The Kier molecular flexibility index (Phi) is 4.61. The molecule has 6 nitrogen and oxygen atoms in total. The van der Waals surface area contributed by atoms with Crippen molar-refractivity contribution in [1.29, 1.82) is 0 Å². The number of carbonyl (C=O) groups excluding carboxylic acids is 1. The number of aryl methyl sites for hydroxylation is 1. The molecule has 1 heterocycles. The van der Waals surface area contributed by atoms with Gasteiger partial charge >= 0.3 is 5.97 Å². The van der Waals surface area contributed by atoms with E-state index >= 15 is 0 Å². The Labute approximate surface area is 146 Å². The van der Waals surface area contributed by atoms with Crippen molar-refractivity contribution < 1.29 is 14.7 Å². The predicted octanol–water partition coefficient (Wildman–Crippen LogP) is 2.94. The van der Waals surface area contributed by atoms with Crippen LogP contribution in [0, 0.1) is 12.8 Å². The van der Waals surface area contributed by atoms with Gasteiger partial charge in [0.05, 0.1) is 17.1 Å². The van der Waals surface area contributed by atoms with Crippen LogP contribution in [0.4, 0.5) is 0 Å². The maximum Gasteiger partial charge on any atom is 0.308 e. The Bertz CT molecular complexity index is 781. The van der Waals surface area contributed by atoms with Gasteiger partial charge in [-0.1, -0.05) is 12.8 Å². The predicted molar refractivity (Wildman–Crippen MR) is 93.8 cm³/mol. The highest BCUT2D eigenvalue weighted by molar-refractivity contribution is 5.95. The summed E-state index contributed by atoms with van der Waals surface area (Å²) in [4.78, 5) is 24.2. The van der Waals surface area contributed by atoms with E-state index in [2.05, 4.69) is 10.4 Å². The molecule has 1 aliphatic carbocycles. The fourth-order valence-corrected chi connectivity index (χ4v) is 3.60. The van der Waals surface area contributed by atoms with Crippen LogP contribution in [0.25, 0.3) is 5.69 Å². The molecule has 1 fully saturated rings. The van der Waals surface area contributed by atoms with E-state index in [1.54, 1.807) is 23.0 Å². The normalized spacial score (nSPS) is 23.2. The Morgan fingerprint density at radius 1 is 1.24 bits per heavy atom. The molecule has 2 atom stereocenters. The number of nitrogens with zero attached hydrogens (tertiary/aromatic N) is 2. The van der Waals surface area contributed by atoms with E-state index in [-0.39, 0.29) is 5.91 Å². The molecule has 1 aromatic carbocycles. The molecule has 3 rings (SSSR count). The van der Waals surface area contributed by atoms with Crippen LogP contribution >= 0.6 is 0 Å². The van der Waals surface area contributed by atoms with E-state index in [9.17, 15) is 14.7 Å². The molecule has 1 amide bonds. The van der Waals surface area contributed by atoms with Crippen molar-refractivity contribution in [2.45, 2.75) is 45.1 Å². The van der Waals surface area contributed by atoms with Crippen LogP contribution in [0.5, 0.6) is 0 Å². The standard InChI is InChI=1S/C19H23N3O3/c1-13-10-12-20-22(13)15-8-6-14(7-9-15)17(23)21-19(2)11-4-3-5-16(19)18(24)25/h6-10,12,16H,3-5,11H2,1-2H3,(H,21,23)(H,24,25). The van der Waals surface area contributed by atoms with Crippen LogP contribution in [-0.2, 0) is 4.79 Å². The van der Waals surface area contributed by atoms with E-state index in [0.29, 0.717) is 18.4 Å². The van der Waals surface area contributed by atoms with E-state index in [1.807, 2.05) is 32.0 Å². The van der Waals surface area contributed by atoms with Crippen molar-refractivity contribution in [3.05, 3.63) is 47.8 Å². The first-order valence-electron chi connectivity index (χ1n) is 8.57. The summed E-state index contributed by atoms with van der Waals surface area (Å²) in [5.74, 6) is -1.62. The van der Waals surface area contributed by atoms with Crippen LogP contribution in [0.1, 0.15) is 48.7 Å². The molecule has 2 unspecified atom stereocenters. The molecule has 132 valence electrons. The van der Waals surface area contributed by atoms with Gasteiger partial charge in [-0.05, 0) is 57.0 Å². The van der Waals surface area contributed by atoms with Gasteiger partial charge in [-0.15, -0.1) is 0 Å². The Balaban J connectivity index is 1.77. The molecule has 1 aromatic heterocycles. The molecule has 0 bridgehead atoms. The topological polar surface area (TPSA) is 84.2 Å². The lowest BCUT2D eigenvalue weighted by Gasteiger charge is -2.39. The number of hydrogen-bond donors (Lipinski definition) is 2. The van der Waals surface area contributed by atoms with E-state index in [0.717, 1.165) is 24.2 Å². The summed E-state index contributed by atoms with van der Waals surface area (Å²) in [7, 11) is 0. The maximum absolute atomic E-state index is 12.6. The number of carbonyl (C=O) groups is 2. The number of aliphatic carboxylic acids is 1. The number of carboxylic acid groups (broad SMARTS) is 1. The lowest BCUT2D eigenvalue weighted by atomic mass is 9.73. The van der Waals surface area contributed by atoms with E-state index in [1.165, 1.54) is 0 Å². The summed E-state index contributed by atoms with van der Waals surface area (Å²) >= 11 is 0. The minimum absolute atomic E-state index is 0.237. The number of carboxylic acids is 1. The van der Waals surface area contributed by atoms with Crippen molar-refractivity contribution in [2.75, 3.05) is 0 Å². The number of benzene rings is 1. The zero-order valence-corrected chi connectivity index (χ0v) is 14.5. The van der Waals surface area contributed by atoms with E-state index < -0.39 is 17.4 Å². The second-order valence-electron chi connectivity index (χ2n) is 6.94. The smallest absolute Gasteiger partial charge is 0.308 e. The lowest BCUT2D eigenvalue weighted by molar-refractivity contribution is -0.145. The number of aromatic nitrogens is 2. The second kappa shape index (κ2) is 6.70. The summed E-state index contributed by atoms with van der Waals surface area (Å²) in [6, 6.07) is 9.08. The second-order valence-corrected chi connectivity index (χ2v) is 6.94. The Morgan fingerprint density at radius 3 is 2.56 bits per heavy atom. The summed E-state index contributed by atoms with van der Waals surface area (Å²) in [6.07, 6.45) is 4.83. The summed E-state index contributed by atoms with van der Waals surface area (Å²) < 4.78 is 1.80. The average Bonchev–Trinajstić information content (AvgIpc) is 3.00. The van der Waals surface area contributed by atoms with Crippen molar-refractivity contribution in [3.63, 3.8) is 0 Å². The molecule has 2 aromatic rings. The van der Waals surface area contributed by atoms with Crippen LogP contribution in [0.15, 0.2) is 36.5 Å². The molecule has 25 heavy (non-hydrogen) atoms. The van der Waals surface area contributed by atoms with Gasteiger partial charge in [0.15, 0.2) is 0 Å². The molecule has 1 aliphatic rings. The molecule has 6 heteroatoms. The highest BCUT2D eigenvalue weighted by Gasteiger charge is 2.42. The SMILES string of the molecule is Cc1ccnn1-c1ccc(C(=O)NC2(C)CCCCC2C(=O)O)cc1. The number of nitrogens with one attached hydrogen (secondary N) is 1. The van der Waals surface area contributed by atoms with Crippen LogP contribution in [0.3, 0.4) is 0 Å². The lowest BCUT2D eigenvalue weighted by Crippen LogP contribution is -2.55. The zero-order valence-electron chi connectivity index (χ0n) is 14.5. The van der Waals surface area contributed by atoms with Crippen molar-refractivity contribution in [3.8, 4) is 5.69 Å². The van der Waals surface area contributed by atoms with Gasteiger partial charge in [0.25, 0.3) is 5.91 Å². The number of hydrogen-bond acceptors (Lipinski definition) is 3. The minimum Gasteiger partial charge on any atom is -0.481 e. The highest BCUT2D eigenvalue weighted by atomic mass is 16.4. The molecule has 2 N–H and O–H groups in total. The molecule has 0 saturated heterocycles. The average molecular weight is 341 g/mol. The van der Waals surface area contributed by atoms with Gasteiger partial charge < -0.3 is 10.4 Å². The van der Waals surface area contributed by atoms with E-state index in [4.69, 9.17) is 0 Å². The molecular formula is C19H23N3O3. The van der Waals surface area contributed by atoms with Crippen LogP contribution in [-0.4, -0.2) is 32.3 Å². The van der Waals surface area contributed by atoms with Crippen molar-refractivity contribution in [1.82, 2.24) is 15.1 Å². The molecule has 0 aliphatic heterocycles. The summed E-state index contributed by atoms with van der Waals surface area (Å²) in [5, 5.41) is 16.7. The van der Waals surface area contributed by atoms with Crippen molar-refractivity contribution in [2.24, 2.45) is 5.92 Å². The third kappa shape index (κ3) is 3.43. The first kappa shape index (κ1) is 17.2. The monoisotopic (exact) mass is 341 g/mol. The molecule has 1 saturated carbocycles. The first-order valence-corrected chi connectivity index (χ1v) is 8.57. The molecule has 0 spiro atoms. The van der Waals surface area contributed by atoms with Gasteiger partial charge in [-0.3, -0.25) is 9.59 Å². The van der Waals surface area contributed by atoms with Gasteiger partial charge in [0.1, 0.15) is 0 Å². The fraction of sp³-hybridized carbons (Fsp3) is 0.421. The third-order valence-corrected chi connectivity index (χ3v) is 5.11. The van der Waals surface area contributed by atoms with Gasteiger partial charge in [0.2, 0.25) is 0 Å². The van der Waals surface area contributed by atoms with Gasteiger partial charge in [-0.25, -0.2) is 4.68 Å². The quantitative estimate of drug-likeness (QED) is 0.895. The fourth-order valence-electron chi connectivity index (χ4n) is 3.60. The maximum atomic E-state index is 12.6. The molecular weight excluding hydrogens is 318 g/mol.